The van der Waals surface area contributed by atoms with Crippen LogP contribution in [0.4, 0.5) is 0 Å². The fourth-order valence-corrected chi connectivity index (χ4v) is 6.46. The Labute approximate surface area is 222 Å². The first-order valence-electron chi connectivity index (χ1n) is 15.3. The van der Waals surface area contributed by atoms with Crippen molar-refractivity contribution in [2.24, 2.45) is 11.8 Å². The van der Waals surface area contributed by atoms with Crippen molar-refractivity contribution in [3.8, 4) is 0 Å². The van der Waals surface area contributed by atoms with Gasteiger partial charge >= 0.3 is 0 Å². The molecule has 1 fully saturated rings. The molecule has 0 aliphatic heterocycles. The summed E-state index contributed by atoms with van der Waals surface area (Å²) in [4.78, 5) is 0. The second-order valence-corrected chi connectivity index (χ2v) is 11.6. The lowest BCUT2D eigenvalue weighted by molar-refractivity contribution is 0.308. The van der Waals surface area contributed by atoms with Crippen molar-refractivity contribution < 1.29 is 0 Å². The highest BCUT2D eigenvalue weighted by atomic mass is 14.3. The number of rotatable bonds is 12. The predicted molar refractivity (Wildman–Crippen MR) is 158 cm³/mol. The van der Waals surface area contributed by atoms with E-state index in [1.54, 1.807) is 5.56 Å². The van der Waals surface area contributed by atoms with Crippen molar-refractivity contribution in [1.82, 2.24) is 0 Å². The first-order valence-corrected chi connectivity index (χ1v) is 15.3. The highest BCUT2D eigenvalue weighted by Crippen LogP contribution is 2.37. The standard InChI is InChI=1S/C36H50/c1-3-5-6-10-30-15-23-35(24-16-30)36-27-19-32(20-28-36)12-8-7-11-31-17-25-34(26-18-31)33-21-13-29(9-4-2)14-22-33/h8,12,15-19,23-27,29,32-33,36H,3-7,9-11,13-14,20-22,28H2,1-2H3. The van der Waals surface area contributed by atoms with Crippen LogP contribution in [0.5, 0.6) is 0 Å². The zero-order valence-electron chi connectivity index (χ0n) is 23.1. The average Bonchev–Trinajstić information content (AvgIpc) is 2.93. The maximum Gasteiger partial charge on any atom is 0.00185 e. The van der Waals surface area contributed by atoms with Crippen LogP contribution in [0.25, 0.3) is 0 Å². The SMILES string of the molecule is CCCCCc1ccc(C2C=CC(C=CCCc3ccc(C4CCC(CCC)CC4)cc3)CC2)cc1. The molecule has 194 valence electrons. The summed E-state index contributed by atoms with van der Waals surface area (Å²) in [5.41, 5.74) is 6.06. The third-order valence-corrected chi connectivity index (χ3v) is 8.86. The van der Waals surface area contributed by atoms with Crippen LogP contribution < -0.4 is 0 Å². The van der Waals surface area contributed by atoms with Gasteiger partial charge in [-0.15, -0.1) is 0 Å². The molecule has 2 aliphatic rings. The van der Waals surface area contributed by atoms with Gasteiger partial charge in [0.2, 0.25) is 0 Å². The summed E-state index contributed by atoms with van der Waals surface area (Å²) in [7, 11) is 0. The highest BCUT2D eigenvalue weighted by molar-refractivity contribution is 5.30. The normalized spacial score (nSPS) is 24.4. The molecule has 2 atom stereocenters. The molecule has 2 unspecified atom stereocenters. The van der Waals surface area contributed by atoms with Crippen molar-refractivity contribution in [2.75, 3.05) is 0 Å². The molecule has 0 heteroatoms. The summed E-state index contributed by atoms with van der Waals surface area (Å²) >= 11 is 0. The van der Waals surface area contributed by atoms with Crippen LogP contribution >= 0.6 is 0 Å². The summed E-state index contributed by atoms with van der Waals surface area (Å²) in [6, 6.07) is 19.1. The minimum Gasteiger partial charge on any atom is -0.0876 e. The smallest absolute Gasteiger partial charge is 0.00185 e. The molecule has 0 bridgehead atoms. The van der Waals surface area contributed by atoms with Crippen molar-refractivity contribution in [3.63, 3.8) is 0 Å². The lowest BCUT2D eigenvalue weighted by atomic mass is 9.77. The topological polar surface area (TPSA) is 0 Å². The monoisotopic (exact) mass is 482 g/mol. The molecule has 0 saturated heterocycles. The van der Waals surface area contributed by atoms with E-state index in [2.05, 4.69) is 86.7 Å². The molecule has 0 spiro atoms. The minimum atomic E-state index is 0.597. The van der Waals surface area contributed by atoms with Gasteiger partial charge < -0.3 is 0 Å². The van der Waals surface area contributed by atoms with Gasteiger partial charge in [0, 0.05) is 5.92 Å². The third-order valence-electron chi connectivity index (χ3n) is 8.86. The first kappa shape index (κ1) is 27.0. The number of unbranched alkanes of at least 4 members (excludes halogenated alkanes) is 2. The van der Waals surface area contributed by atoms with Gasteiger partial charge in [0.1, 0.15) is 0 Å². The molecule has 2 aromatic carbocycles. The number of hydrogen-bond donors (Lipinski definition) is 0. The van der Waals surface area contributed by atoms with Gasteiger partial charge in [-0.05, 0) is 104 Å². The molecular formula is C36H50. The summed E-state index contributed by atoms with van der Waals surface area (Å²) in [5.74, 6) is 3.01. The molecule has 1 saturated carbocycles. The quantitative estimate of drug-likeness (QED) is 0.208. The van der Waals surface area contributed by atoms with Crippen molar-refractivity contribution in [3.05, 3.63) is 95.1 Å². The highest BCUT2D eigenvalue weighted by Gasteiger charge is 2.21. The Morgan fingerprint density at radius 1 is 0.667 bits per heavy atom. The van der Waals surface area contributed by atoms with Crippen LogP contribution in [-0.2, 0) is 12.8 Å². The van der Waals surface area contributed by atoms with E-state index in [9.17, 15) is 0 Å². The largest absolute Gasteiger partial charge is 0.0876 e. The Morgan fingerprint density at radius 2 is 1.36 bits per heavy atom. The van der Waals surface area contributed by atoms with E-state index in [4.69, 9.17) is 0 Å². The van der Waals surface area contributed by atoms with E-state index >= 15 is 0 Å². The number of aryl methyl sites for hydroxylation is 2. The molecule has 0 amide bonds. The molecule has 0 N–H and O–H groups in total. The molecular weight excluding hydrogens is 432 g/mol. The second-order valence-electron chi connectivity index (χ2n) is 11.6. The molecule has 36 heavy (non-hydrogen) atoms. The van der Waals surface area contributed by atoms with E-state index in [1.165, 1.54) is 93.7 Å². The zero-order chi connectivity index (χ0) is 25.0. The third kappa shape index (κ3) is 8.22. The Morgan fingerprint density at radius 3 is 2.00 bits per heavy atom. The minimum absolute atomic E-state index is 0.597. The van der Waals surface area contributed by atoms with Crippen molar-refractivity contribution in [2.45, 2.75) is 116 Å². The molecule has 0 nitrogen and oxygen atoms in total. The molecule has 0 aromatic heterocycles. The van der Waals surface area contributed by atoms with Crippen LogP contribution in [0.15, 0.2) is 72.8 Å². The first-order chi connectivity index (χ1) is 17.7. The number of hydrogen-bond acceptors (Lipinski definition) is 0. The van der Waals surface area contributed by atoms with Crippen LogP contribution in [0.3, 0.4) is 0 Å². The Kier molecular flexibility index (Phi) is 10.9. The Balaban J connectivity index is 1.17. The van der Waals surface area contributed by atoms with E-state index in [0.29, 0.717) is 11.8 Å². The second kappa shape index (κ2) is 14.6. The fraction of sp³-hybridized carbons (Fsp3) is 0.556. The average molecular weight is 483 g/mol. The molecule has 2 aliphatic carbocycles. The molecule has 0 radical (unpaired) electrons. The summed E-state index contributed by atoms with van der Waals surface area (Å²) in [6.07, 6.45) is 28.3. The number of benzene rings is 2. The molecule has 0 heterocycles. The van der Waals surface area contributed by atoms with Gasteiger partial charge in [-0.3, -0.25) is 0 Å². The van der Waals surface area contributed by atoms with Gasteiger partial charge in [-0.2, -0.15) is 0 Å². The molecule has 2 aromatic rings. The maximum atomic E-state index is 2.46. The van der Waals surface area contributed by atoms with Gasteiger partial charge in [0.05, 0.1) is 0 Å². The Hall–Kier alpha value is -2.08. The zero-order valence-corrected chi connectivity index (χ0v) is 23.1. The van der Waals surface area contributed by atoms with Crippen molar-refractivity contribution >= 4 is 0 Å². The summed E-state index contributed by atoms with van der Waals surface area (Å²) in [5, 5.41) is 0. The van der Waals surface area contributed by atoms with Gasteiger partial charge in [0.15, 0.2) is 0 Å². The van der Waals surface area contributed by atoms with Gasteiger partial charge in [0.25, 0.3) is 0 Å². The molecule has 4 rings (SSSR count). The summed E-state index contributed by atoms with van der Waals surface area (Å²) in [6.45, 7) is 4.61. The van der Waals surface area contributed by atoms with Crippen LogP contribution in [-0.4, -0.2) is 0 Å². The van der Waals surface area contributed by atoms with Crippen molar-refractivity contribution in [1.29, 1.82) is 0 Å². The Bertz CT molecular complexity index is 921. The number of allylic oxidation sites excluding steroid dienone is 4. The van der Waals surface area contributed by atoms with E-state index in [-0.39, 0.29) is 0 Å². The van der Waals surface area contributed by atoms with Crippen LogP contribution in [0, 0.1) is 11.8 Å². The van der Waals surface area contributed by atoms with E-state index in [1.807, 2.05) is 0 Å². The lowest BCUT2D eigenvalue weighted by Gasteiger charge is -2.28. The van der Waals surface area contributed by atoms with Crippen LogP contribution in [0.1, 0.15) is 125 Å². The van der Waals surface area contributed by atoms with E-state index in [0.717, 1.165) is 24.7 Å². The van der Waals surface area contributed by atoms with Gasteiger partial charge in [-0.1, -0.05) is 112 Å². The van der Waals surface area contributed by atoms with Crippen LogP contribution in [0.2, 0.25) is 0 Å². The predicted octanol–water partition coefficient (Wildman–Crippen LogP) is 10.7. The lowest BCUT2D eigenvalue weighted by Crippen LogP contribution is -2.13. The van der Waals surface area contributed by atoms with Gasteiger partial charge in [-0.25, -0.2) is 0 Å². The maximum absolute atomic E-state index is 2.46. The fourth-order valence-electron chi connectivity index (χ4n) is 6.46. The van der Waals surface area contributed by atoms with E-state index < -0.39 is 0 Å². The summed E-state index contributed by atoms with van der Waals surface area (Å²) < 4.78 is 0.